The van der Waals surface area contributed by atoms with E-state index >= 15 is 0 Å². The Labute approximate surface area is 123 Å². The lowest BCUT2D eigenvalue weighted by Crippen LogP contribution is -2.44. The normalized spacial score (nSPS) is 20.9. The molecule has 0 bridgehead atoms. The largest absolute Gasteiger partial charge is 0.458 e. The maximum atomic E-state index is 12.5. The smallest absolute Gasteiger partial charge is 0.322 e. The van der Waals surface area contributed by atoms with Crippen molar-refractivity contribution < 1.29 is 9.53 Å². The van der Waals surface area contributed by atoms with Crippen molar-refractivity contribution in [1.29, 1.82) is 0 Å². The SMILES string of the molecule is CCCC(C)(SC)C(=O)OC(C)(C)C1CCCCC1. The fourth-order valence-corrected chi connectivity index (χ4v) is 3.61. The topological polar surface area (TPSA) is 26.3 Å². The Hall–Kier alpha value is -0.180. The second kappa shape index (κ2) is 7.01. The number of hydrogen-bond acceptors (Lipinski definition) is 3. The van der Waals surface area contributed by atoms with E-state index < -0.39 is 0 Å². The number of hydrogen-bond donors (Lipinski definition) is 0. The summed E-state index contributed by atoms with van der Waals surface area (Å²) in [6, 6.07) is 0. The van der Waals surface area contributed by atoms with Crippen molar-refractivity contribution in [3.8, 4) is 0 Å². The molecule has 112 valence electrons. The van der Waals surface area contributed by atoms with Gasteiger partial charge < -0.3 is 4.74 Å². The quantitative estimate of drug-likeness (QED) is 0.655. The Kier molecular flexibility index (Phi) is 6.22. The van der Waals surface area contributed by atoms with E-state index in [2.05, 4.69) is 20.8 Å². The first-order chi connectivity index (χ1) is 8.85. The zero-order valence-electron chi connectivity index (χ0n) is 13.3. The van der Waals surface area contributed by atoms with Crippen LogP contribution in [0.5, 0.6) is 0 Å². The van der Waals surface area contributed by atoms with Crippen LogP contribution in [-0.4, -0.2) is 22.6 Å². The fourth-order valence-electron chi connectivity index (χ4n) is 2.99. The first-order valence-electron chi connectivity index (χ1n) is 7.64. The van der Waals surface area contributed by atoms with Gasteiger partial charge in [0.1, 0.15) is 10.3 Å². The van der Waals surface area contributed by atoms with Crippen LogP contribution in [0.25, 0.3) is 0 Å². The summed E-state index contributed by atoms with van der Waals surface area (Å²) in [5, 5.41) is 0. The predicted molar refractivity (Wildman–Crippen MR) is 83.6 cm³/mol. The van der Waals surface area contributed by atoms with Crippen molar-refractivity contribution in [1.82, 2.24) is 0 Å². The number of esters is 1. The zero-order valence-corrected chi connectivity index (χ0v) is 14.1. The van der Waals surface area contributed by atoms with Gasteiger partial charge in [0.2, 0.25) is 0 Å². The minimum Gasteiger partial charge on any atom is -0.458 e. The van der Waals surface area contributed by atoms with Crippen molar-refractivity contribution in [2.45, 2.75) is 83.0 Å². The molecule has 0 amide bonds. The number of carbonyl (C=O) groups is 1. The summed E-state index contributed by atoms with van der Waals surface area (Å²) in [5.74, 6) is 0.496. The average Bonchev–Trinajstić information content (AvgIpc) is 2.39. The van der Waals surface area contributed by atoms with Crippen LogP contribution in [0.3, 0.4) is 0 Å². The molecule has 0 spiro atoms. The molecule has 1 atom stereocenters. The van der Waals surface area contributed by atoms with Gasteiger partial charge in [0, 0.05) is 0 Å². The van der Waals surface area contributed by atoms with E-state index in [1.165, 1.54) is 32.1 Å². The van der Waals surface area contributed by atoms with E-state index in [1.54, 1.807) is 11.8 Å². The standard InChI is InChI=1S/C16H30O2S/c1-6-12-16(4,19-5)14(17)18-15(2,3)13-10-8-7-9-11-13/h13H,6-12H2,1-5H3. The number of ether oxygens (including phenoxy) is 1. The Morgan fingerprint density at radius 3 is 2.26 bits per heavy atom. The van der Waals surface area contributed by atoms with Crippen molar-refractivity contribution in [3.05, 3.63) is 0 Å². The van der Waals surface area contributed by atoms with Gasteiger partial charge in [0.25, 0.3) is 0 Å². The van der Waals surface area contributed by atoms with E-state index in [4.69, 9.17) is 4.74 Å². The summed E-state index contributed by atoms with van der Waals surface area (Å²) in [6.07, 6.45) is 10.2. The van der Waals surface area contributed by atoms with Crippen molar-refractivity contribution in [2.24, 2.45) is 5.92 Å². The second-order valence-electron chi connectivity index (χ2n) is 6.51. The molecule has 1 unspecified atom stereocenters. The molecule has 0 heterocycles. The summed E-state index contributed by atoms with van der Waals surface area (Å²) in [6.45, 7) is 8.32. The Morgan fingerprint density at radius 2 is 1.79 bits per heavy atom. The lowest BCUT2D eigenvalue weighted by atomic mass is 9.78. The molecule has 1 rings (SSSR count). The average molecular weight is 286 g/mol. The first-order valence-corrected chi connectivity index (χ1v) is 8.87. The first kappa shape index (κ1) is 16.9. The van der Waals surface area contributed by atoms with E-state index in [0.717, 1.165) is 12.8 Å². The molecule has 1 aliphatic carbocycles. The van der Waals surface area contributed by atoms with Crippen LogP contribution in [0.2, 0.25) is 0 Å². The summed E-state index contributed by atoms with van der Waals surface area (Å²) in [7, 11) is 0. The number of rotatable bonds is 6. The third-order valence-corrected chi connectivity index (χ3v) is 5.83. The highest BCUT2D eigenvalue weighted by molar-refractivity contribution is 8.00. The van der Waals surface area contributed by atoms with Gasteiger partial charge >= 0.3 is 5.97 Å². The molecule has 0 N–H and O–H groups in total. The molecule has 0 aromatic rings. The predicted octanol–water partition coefficient (Wildman–Crippen LogP) is 4.81. The molecule has 0 saturated heterocycles. The maximum Gasteiger partial charge on any atom is 0.322 e. The molecule has 2 nitrogen and oxygen atoms in total. The lowest BCUT2D eigenvalue weighted by Gasteiger charge is -2.39. The van der Waals surface area contributed by atoms with Crippen molar-refractivity contribution in [2.75, 3.05) is 6.26 Å². The summed E-state index contributed by atoms with van der Waals surface area (Å²) >= 11 is 1.62. The molecule has 3 heteroatoms. The Bertz CT molecular complexity index is 295. The van der Waals surface area contributed by atoms with Gasteiger partial charge in [0.15, 0.2) is 0 Å². The molecule has 1 fully saturated rings. The van der Waals surface area contributed by atoms with Crippen LogP contribution < -0.4 is 0 Å². The molecule has 0 aromatic heterocycles. The molecular formula is C16H30O2S. The maximum absolute atomic E-state index is 12.5. The zero-order chi connectivity index (χ0) is 14.5. The van der Waals surface area contributed by atoms with E-state index in [1.807, 2.05) is 13.2 Å². The van der Waals surface area contributed by atoms with E-state index in [9.17, 15) is 4.79 Å². The summed E-state index contributed by atoms with van der Waals surface area (Å²) in [5.41, 5.74) is -0.317. The molecule has 0 radical (unpaired) electrons. The summed E-state index contributed by atoms with van der Waals surface area (Å²) in [4.78, 5) is 12.5. The Morgan fingerprint density at radius 1 is 1.21 bits per heavy atom. The van der Waals surface area contributed by atoms with Gasteiger partial charge in [0.05, 0.1) is 0 Å². The molecule has 0 aliphatic heterocycles. The van der Waals surface area contributed by atoms with Crippen molar-refractivity contribution in [3.63, 3.8) is 0 Å². The molecule has 1 aliphatic rings. The lowest BCUT2D eigenvalue weighted by molar-refractivity contribution is -0.165. The third-order valence-electron chi connectivity index (χ3n) is 4.55. The molecular weight excluding hydrogens is 256 g/mol. The monoisotopic (exact) mass is 286 g/mol. The van der Waals surface area contributed by atoms with E-state index in [-0.39, 0.29) is 16.3 Å². The summed E-state index contributed by atoms with van der Waals surface area (Å²) < 4.78 is 5.54. The molecule has 1 saturated carbocycles. The number of carbonyl (C=O) groups excluding carboxylic acids is 1. The van der Waals surface area contributed by atoms with Gasteiger partial charge in [-0.15, -0.1) is 11.8 Å². The van der Waals surface area contributed by atoms with Crippen LogP contribution in [0.1, 0.15) is 72.6 Å². The van der Waals surface area contributed by atoms with Gasteiger partial charge in [-0.2, -0.15) is 0 Å². The third kappa shape index (κ3) is 4.40. The minimum absolute atomic E-state index is 0.0302. The van der Waals surface area contributed by atoms with Crippen LogP contribution in [-0.2, 0) is 9.53 Å². The van der Waals surface area contributed by atoms with Crippen LogP contribution in [0.4, 0.5) is 0 Å². The van der Waals surface area contributed by atoms with E-state index in [0.29, 0.717) is 5.92 Å². The van der Waals surface area contributed by atoms with Crippen LogP contribution >= 0.6 is 11.8 Å². The van der Waals surface area contributed by atoms with Gasteiger partial charge in [-0.25, -0.2) is 0 Å². The minimum atomic E-state index is -0.388. The highest BCUT2D eigenvalue weighted by atomic mass is 32.2. The highest BCUT2D eigenvalue weighted by Crippen LogP contribution is 2.37. The van der Waals surface area contributed by atoms with Crippen molar-refractivity contribution >= 4 is 17.7 Å². The Balaban J connectivity index is 2.67. The van der Waals surface area contributed by atoms with Gasteiger partial charge in [-0.1, -0.05) is 32.6 Å². The van der Waals surface area contributed by atoms with Crippen LogP contribution in [0, 0.1) is 5.92 Å². The second-order valence-corrected chi connectivity index (χ2v) is 7.82. The number of thioether (sulfide) groups is 1. The molecule has 19 heavy (non-hydrogen) atoms. The highest BCUT2D eigenvalue weighted by Gasteiger charge is 2.40. The van der Waals surface area contributed by atoms with Crippen LogP contribution in [0.15, 0.2) is 0 Å². The fraction of sp³-hybridized carbons (Fsp3) is 0.938. The molecule has 0 aromatic carbocycles. The van der Waals surface area contributed by atoms with Gasteiger partial charge in [-0.05, 0) is 52.2 Å². The van der Waals surface area contributed by atoms with Gasteiger partial charge in [-0.3, -0.25) is 4.79 Å².